The maximum Gasteiger partial charge on any atom is 0.309 e. The van der Waals surface area contributed by atoms with Gasteiger partial charge in [-0.15, -0.1) is 0 Å². The van der Waals surface area contributed by atoms with Crippen molar-refractivity contribution in [2.75, 3.05) is 20.3 Å². The molecular formula is C11H18N2O2. The molecule has 0 aliphatic carbocycles. The Morgan fingerprint density at radius 1 is 1.67 bits per heavy atom. The van der Waals surface area contributed by atoms with Gasteiger partial charge < -0.3 is 15.0 Å². The number of nitrogens with zero attached hydrogens (tertiary/aromatic N) is 1. The molecule has 0 bridgehead atoms. The van der Waals surface area contributed by atoms with Gasteiger partial charge in [0.05, 0.1) is 19.2 Å². The highest BCUT2D eigenvalue weighted by Crippen LogP contribution is 2.31. The predicted octanol–water partition coefficient (Wildman–Crippen LogP) is 0.910. The van der Waals surface area contributed by atoms with E-state index in [0.29, 0.717) is 12.5 Å². The number of esters is 1. The van der Waals surface area contributed by atoms with Gasteiger partial charge in [-0.1, -0.05) is 6.92 Å². The first-order valence-electron chi connectivity index (χ1n) is 5.52. The van der Waals surface area contributed by atoms with Gasteiger partial charge >= 0.3 is 5.97 Å². The molecule has 15 heavy (non-hydrogen) atoms. The molecule has 0 aromatic rings. The summed E-state index contributed by atoms with van der Waals surface area (Å²) in [4.78, 5) is 13.6. The topological polar surface area (TPSA) is 41.6 Å². The molecule has 1 saturated heterocycles. The van der Waals surface area contributed by atoms with Crippen LogP contribution in [-0.4, -0.2) is 31.2 Å². The van der Waals surface area contributed by atoms with Gasteiger partial charge in [-0.2, -0.15) is 0 Å². The molecule has 4 nitrogen and oxygen atoms in total. The third-order valence-electron chi connectivity index (χ3n) is 3.31. The molecule has 0 aromatic carbocycles. The molecule has 2 aliphatic rings. The Bertz CT molecular complexity index is 288. The van der Waals surface area contributed by atoms with Crippen LogP contribution in [0.15, 0.2) is 11.9 Å². The predicted molar refractivity (Wildman–Crippen MR) is 56.7 cm³/mol. The van der Waals surface area contributed by atoms with Gasteiger partial charge in [0.15, 0.2) is 0 Å². The van der Waals surface area contributed by atoms with Crippen LogP contribution < -0.4 is 5.32 Å². The van der Waals surface area contributed by atoms with E-state index >= 15 is 0 Å². The van der Waals surface area contributed by atoms with Crippen molar-refractivity contribution in [2.24, 2.45) is 11.8 Å². The summed E-state index contributed by atoms with van der Waals surface area (Å²) >= 11 is 0. The minimum atomic E-state index is -0.0169. The number of carbonyl (C=O) groups excluding carboxylic acids is 1. The molecule has 2 heterocycles. The van der Waals surface area contributed by atoms with Crippen LogP contribution in [0.4, 0.5) is 0 Å². The SMILES string of the molecule is CC[C@@H]1C(=O)OC[C@@H]1CC1=CNCN1C. The summed E-state index contributed by atoms with van der Waals surface area (Å²) in [6.07, 6.45) is 3.86. The monoisotopic (exact) mass is 210 g/mol. The lowest BCUT2D eigenvalue weighted by atomic mass is 9.89. The molecule has 0 amide bonds. The summed E-state index contributed by atoms with van der Waals surface area (Å²) < 4.78 is 5.11. The zero-order chi connectivity index (χ0) is 10.8. The zero-order valence-electron chi connectivity index (χ0n) is 9.32. The molecule has 0 unspecified atom stereocenters. The van der Waals surface area contributed by atoms with E-state index in [0.717, 1.165) is 19.5 Å². The number of ether oxygens (including phenoxy) is 1. The quantitative estimate of drug-likeness (QED) is 0.703. The first-order valence-corrected chi connectivity index (χ1v) is 5.52. The fourth-order valence-corrected chi connectivity index (χ4v) is 2.30. The van der Waals surface area contributed by atoms with E-state index in [4.69, 9.17) is 4.74 Å². The first-order chi connectivity index (χ1) is 7.22. The van der Waals surface area contributed by atoms with Crippen molar-refractivity contribution in [3.63, 3.8) is 0 Å². The molecule has 2 atom stereocenters. The summed E-state index contributed by atoms with van der Waals surface area (Å²) in [5.74, 6) is 0.438. The molecule has 1 fully saturated rings. The minimum absolute atomic E-state index is 0.0169. The Hall–Kier alpha value is -1.19. The lowest BCUT2D eigenvalue weighted by Crippen LogP contribution is -2.22. The van der Waals surface area contributed by atoms with E-state index in [1.165, 1.54) is 5.70 Å². The smallest absolute Gasteiger partial charge is 0.309 e. The lowest BCUT2D eigenvalue weighted by Gasteiger charge is -2.19. The maximum atomic E-state index is 11.4. The van der Waals surface area contributed by atoms with Crippen molar-refractivity contribution in [1.29, 1.82) is 0 Å². The van der Waals surface area contributed by atoms with Crippen LogP contribution in [0.25, 0.3) is 0 Å². The molecule has 0 spiro atoms. The second kappa shape index (κ2) is 4.13. The highest BCUT2D eigenvalue weighted by Gasteiger charge is 2.36. The fraction of sp³-hybridized carbons (Fsp3) is 0.727. The van der Waals surface area contributed by atoms with Gasteiger partial charge in [0.1, 0.15) is 0 Å². The van der Waals surface area contributed by atoms with Gasteiger partial charge in [0.25, 0.3) is 0 Å². The van der Waals surface area contributed by atoms with Crippen LogP contribution in [0.5, 0.6) is 0 Å². The van der Waals surface area contributed by atoms with Gasteiger partial charge in [-0.05, 0) is 12.8 Å². The summed E-state index contributed by atoms with van der Waals surface area (Å²) in [5, 5.41) is 3.18. The lowest BCUT2D eigenvalue weighted by molar-refractivity contribution is -0.141. The third-order valence-corrected chi connectivity index (χ3v) is 3.31. The van der Waals surface area contributed by atoms with E-state index in [9.17, 15) is 4.79 Å². The van der Waals surface area contributed by atoms with Gasteiger partial charge in [-0.25, -0.2) is 0 Å². The molecule has 0 radical (unpaired) electrons. The Balaban J connectivity index is 1.97. The second-order valence-corrected chi connectivity index (χ2v) is 4.30. The average molecular weight is 210 g/mol. The van der Waals surface area contributed by atoms with Crippen LogP contribution >= 0.6 is 0 Å². The second-order valence-electron chi connectivity index (χ2n) is 4.30. The molecule has 2 aliphatic heterocycles. The molecule has 4 heteroatoms. The van der Waals surface area contributed by atoms with Gasteiger partial charge in [0, 0.05) is 24.9 Å². The Morgan fingerprint density at radius 3 is 3.07 bits per heavy atom. The van der Waals surface area contributed by atoms with Crippen LogP contribution in [-0.2, 0) is 9.53 Å². The Labute approximate surface area is 90.3 Å². The van der Waals surface area contributed by atoms with Crippen LogP contribution in [0, 0.1) is 11.8 Å². The number of rotatable bonds is 3. The number of cyclic esters (lactones) is 1. The molecule has 2 rings (SSSR count). The van der Waals surface area contributed by atoms with Crippen molar-refractivity contribution in [2.45, 2.75) is 19.8 Å². The van der Waals surface area contributed by atoms with E-state index in [2.05, 4.69) is 24.2 Å². The van der Waals surface area contributed by atoms with Crippen LogP contribution in [0.3, 0.4) is 0 Å². The average Bonchev–Trinajstić information content (AvgIpc) is 2.76. The van der Waals surface area contributed by atoms with Crippen molar-refractivity contribution >= 4 is 5.97 Å². The number of carbonyl (C=O) groups is 1. The molecule has 0 aromatic heterocycles. The van der Waals surface area contributed by atoms with E-state index in [1.54, 1.807) is 0 Å². The number of hydrogen-bond donors (Lipinski definition) is 1. The molecule has 0 saturated carbocycles. The summed E-state index contributed by atoms with van der Waals surface area (Å²) in [6, 6.07) is 0. The maximum absolute atomic E-state index is 11.4. The van der Waals surface area contributed by atoms with Gasteiger partial charge in [0.2, 0.25) is 0 Å². The van der Waals surface area contributed by atoms with E-state index < -0.39 is 0 Å². The first kappa shape index (κ1) is 10.3. The third kappa shape index (κ3) is 1.94. The van der Waals surface area contributed by atoms with Crippen LogP contribution in [0.2, 0.25) is 0 Å². The summed E-state index contributed by atoms with van der Waals surface area (Å²) in [6.45, 7) is 3.51. The van der Waals surface area contributed by atoms with Crippen LogP contribution in [0.1, 0.15) is 19.8 Å². The normalized spacial score (nSPS) is 30.1. The van der Waals surface area contributed by atoms with Crippen molar-refractivity contribution < 1.29 is 9.53 Å². The summed E-state index contributed by atoms with van der Waals surface area (Å²) in [5.41, 5.74) is 1.27. The fourth-order valence-electron chi connectivity index (χ4n) is 2.30. The number of nitrogens with one attached hydrogen (secondary N) is 1. The standard InChI is InChI=1S/C11H18N2O2/c1-3-10-8(6-15-11(10)14)4-9-5-12-7-13(9)2/h5,8,10,12H,3-4,6-7H2,1-2H3/t8-,10-/m0/s1. The van der Waals surface area contributed by atoms with E-state index in [-0.39, 0.29) is 11.9 Å². The van der Waals surface area contributed by atoms with Crippen molar-refractivity contribution in [3.8, 4) is 0 Å². The highest BCUT2D eigenvalue weighted by atomic mass is 16.5. The molecular weight excluding hydrogens is 192 g/mol. The van der Waals surface area contributed by atoms with Crippen molar-refractivity contribution in [3.05, 3.63) is 11.9 Å². The minimum Gasteiger partial charge on any atom is -0.465 e. The Kier molecular flexibility index (Phi) is 2.84. The van der Waals surface area contributed by atoms with Gasteiger partial charge in [-0.3, -0.25) is 4.79 Å². The zero-order valence-corrected chi connectivity index (χ0v) is 9.32. The van der Waals surface area contributed by atoms with E-state index in [1.807, 2.05) is 6.20 Å². The highest BCUT2D eigenvalue weighted by molar-refractivity contribution is 5.74. The number of allylic oxidation sites excluding steroid dienone is 1. The molecule has 84 valence electrons. The number of hydrogen-bond acceptors (Lipinski definition) is 4. The summed E-state index contributed by atoms with van der Waals surface area (Å²) in [7, 11) is 2.06. The molecule has 1 N–H and O–H groups in total. The largest absolute Gasteiger partial charge is 0.465 e. The Morgan fingerprint density at radius 2 is 2.47 bits per heavy atom. The van der Waals surface area contributed by atoms with Crippen molar-refractivity contribution in [1.82, 2.24) is 10.2 Å².